The maximum atomic E-state index is 5.72. The summed E-state index contributed by atoms with van der Waals surface area (Å²) >= 11 is 0. The summed E-state index contributed by atoms with van der Waals surface area (Å²) in [7, 11) is 4.80. The summed E-state index contributed by atoms with van der Waals surface area (Å²) in [5.74, 6) is 3.31. The van der Waals surface area contributed by atoms with Gasteiger partial charge in [-0.15, -0.1) is 0 Å². The minimum absolute atomic E-state index is 0.369. The molecule has 0 N–H and O–H groups in total. The van der Waals surface area contributed by atoms with Gasteiger partial charge in [0.2, 0.25) is 5.75 Å². The van der Waals surface area contributed by atoms with Gasteiger partial charge in [0.05, 0.1) is 21.3 Å². The zero-order valence-corrected chi connectivity index (χ0v) is 13.0. The van der Waals surface area contributed by atoms with Crippen molar-refractivity contribution in [1.82, 2.24) is 0 Å². The first-order chi connectivity index (χ1) is 10.8. The smallest absolute Gasteiger partial charge is 0.203 e. The van der Waals surface area contributed by atoms with E-state index in [4.69, 9.17) is 23.7 Å². The van der Waals surface area contributed by atoms with Gasteiger partial charge in [0.1, 0.15) is 24.7 Å². The lowest BCUT2D eigenvalue weighted by Gasteiger charge is -2.14. The first-order valence-electron chi connectivity index (χ1n) is 6.89. The van der Waals surface area contributed by atoms with Crippen LogP contribution in [0.25, 0.3) is 0 Å². The van der Waals surface area contributed by atoms with E-state index in [0.717, 1.165) is 11.5 Å². The second-order valence-corrected chi connectivity index (χ2v) is 4.37. The lowest BCUT2D eigenvalue weighted by Crippen LogP contribution is -2.10. The average Bonchev–Trinajstić information content (AvgIpc) is 2.58. The molecule has 0 radical (unpaired) electrons. The van der Waals surface area contributed by atoms with E-state index in [1.807, 2.05) is 42.5 Å². The van der Waals surface area contributed by atoms with Gasteiger partial charge in [-0.2, -0.15) is 0 Å². The molecule has 5 nitrogen and oxygen atoms in total. The maximum Gasteiger partial charge on any atom is 0.203 e. The Hall–Kier alpha value is -2.56. The molecule has 0 aliphatic heterocycles. The zero-order chi connectivity index (χ0) is 15.8. The second-order valence-electron chi connectivity index (χ2n) is 4.37. The number of rotatable bonds is 8. The van der Waals surface area contributed by atoms with Crippen LogP contribution in [0.1, 0.15) is 0 Å². The van der Waals surface area contributed by atoms with E-state index in [2.05, 4.69) is 0 Å². The van der Waals surface area contributed by atoms with Crippen molar-refractivity contribution in [2.75, 3.05) is 34.5 Å². The van der Waals surface area contributed by atoms with E-state index >= 15 is 0 Å². The number of methoxy groups -OCH3 is 3. The Morgan fingerprint density at radius 2 is 1.27 bits per heavy atom. The molecule has 0 amide bonds. The van der Waals surface area contributed by atoms with Gasteiger partial charge in [0.25, 0.3) is 0 Å². The van der Waals surface area contributed by atoms with Crippen LogP contribution in [0, 0.1) is 0 Å². The van der Waals surface area contributed by atoms with E-state index in [-0.39, 0.29) is 0 Å². The molecule has 0 heterocycles. The average molecular weight is 304 g/mol. The summed E-state index contributed by atoms with van der Waals surface area (Å²) in [6.07, 6.45) is 0. The Morgan fingerprint density at radius 1 is 0.682 bits per heavy atom. The van der Waals surface area contributed by atoms with Crippen molar-refractivity contribution in [3.63, 3.8) is 0 Å². The van der Waals surface area contributed by atoms with E-state index in [1.54, 1.807) is 21.3 Å². The molecule has 0 saturated carbocycles. The molecule has 0 atom stereocenters. The predicted octanol–water partition coefficient (Wildman–Crippen LogP) is 3.17. The molecular weight excluding hydrogens is 284 g/mol. The van der Waals surface area contributed by atoms with E-state index in [1.165, 1.54) is 0 Å². The summed E-state index contributed by atoms with van der Waals surface area (Å²) in [5, 5.41) is 0. The molecule has 0 unspecified atom stereocenters. The van der Waals surface area contributed by atoms with Crippen LogP contribution >= 0.6 is 0 Å². The van der Waals surface area contributed by atoms with Gasteiger partial charge >= 0.3 is 0 Å². The molecule has 5 heteroatoms. The van der Waals surface area contributed by atoms with Gasteiger partial charge in [0, 0.05) is 6.07 Å². The molecule has 2 aromatic carbocycles. The molecule has 0 aromatic heterocycles. The third kappa shape index (κ3) is 3.97. The highest BCUT2D eigenvalue weighted by atomic mass is 16.6. The lowest BCUT2D eigenvalue weighted by atomic mass is 10.3. The molecule has 0 spiro atoms. The SMILES string of the molecule is COc1cccc(OCCOc2c(OC)cccc2OC)c1. The number of para-hydroxylation sites is 1. The largest absolute Gasteiger partial charge is 0.497 e. The lowest BCUT2D eigenvalue weighted by molar-refractivity contribution is 0.204. The second kappa shape index (κ2) is 8.02. The first kappa shape index (κ1) is 15.8. The molecule has 0 fully saturated rings. The predicted molar refractivity (Wildman–Crippen MR) is 83.5 cm³/mol. The van der Waals surface area contributed by atoms with Crippen LogP contribution in [0.2, 0.25) is 0 Å². The fraction of sp³-hybridized carbons (Fsp3) is 0.294. The number of hydrogen-bond acceptors (Lipinski definition) is 5. The quantitative estimate of drug-likeness (QED) is 0.701. The van der Waals surface area contributed by atoms with Crippen molar-refractivity contribution in [2.45, 2.75) is 0 Å². The van der Waals surface area contributed by atoms with Crippen molar-refractivity contribution in [3.05, 3.63) is 42.5 Å². The van der Waals surface area contributed by atoms with E-state index in [9.17, 15) is 0 Å². The number of hydrogen-bond donors (Lipinski definition) is 0. The van der Waals surface area contributed by atoms with Gasteiger partial charge in [-0.05, 0) is 24.3 Å². The standard InChI is InChI=1S/C17H20O5/c1-18-13-6-4-7-14(12-13)21-10-11-22-17-15(19-2)8-5-9-16(17)20-3/h4-9,12H,10-11H2,1-3H3. The van der Waals surface area contributed by atoms with Crippen molar-refractivity contribution in [2.24, 2.45) is 0 Å². The molecule has 2 aromatic rings. The fourth-order valence-corrected chi connectivity index (χ4v) is 1.95. The monoisotopic (exact) mass is 304 g/mol. The van der Waals surface area contributed by atoms with Gasteiger partial charge < -0.3 is 23.7 Å². The molecule has 0 aliphatic rings. The summed E-state index contributed by atoms with van der Waals surface area (Å²) < 4.78 is 27.0. The highest BCUT2D eigenvalue weighted by molar-refractivity contribution is 5.51. The Kier molecular flexibility index (Phi) is 5.77. The Balaban J connectivity index is 1.91. The topological polar surface area (TPSA) is 46.2 Å². The van der Waals surface area contributed by atoms with Gasteiger partial charge in [-0.25, -0.2) is 0 Å². The van der Waals surface area contributed by atoms with Gasteiger partial charge in [-0.3, -0.25) is 0 Å². The van der Waals surface area contributed by atoms with Crippen LogP contribution in [0.15, 0.2) is 42.5 Å². The number of ether oxygens (including phenoxy) is 5. The van der Waals surface area contributed by atoms with Gasteiger partial charge in [-0.1, -0.05) is 12.1 Å². The molecule has 0 saturated heterocycles. The molecule has 0 aliphatic carbocycles. The van der Waals surface area contributed by atoms with Crippen molar-refractivity contribution >= 4 is 0 Å². The van der Waals surface area contributed by atoms with Gasteiger partial charge in [0.15, 0.2) is 11.5 Å². The first-order valence-corrected chi connectivity index (χ1v) is 6.89. The van der Waals surface area contributed by atoms with Crippen molar-refractivity contribution in [1.29, 1.82) is 0 Å². The third-order valence-electron chi connectivity index (χ3n) is 3.02. The Morgan fingerprint density at radius 3 is 1.91 bits per heavy atom. The minimum Gasteiger partial charge on any atom is -0.497 e. The number of benzene rings is 2. The summed E-state index contributed by atoms with van der Waals surface area (Å²) in [6.45, 7) is 0.766. The molecule has 2 rings (SSSR count). The molecule has 22 heavy (non-hydrogen) atoms. The van der Waals surface area contributed by atoms with Crippen molar-refractivity contribution in [3.8, 4) is 28.7 Å². The molecular formula is C17H20O5. The van der Waals surface area contributed by atoms with Crippen LogP contribution in [0.5, 0.6) is 28.7 Å². The van der Waals surface area contributed by atoms with Crippen LogP contribution < -0.4 is 23.7 Å². The van der Waals surface area contributed by atoms with Crippen LogP contribution in [-0.4, -0.2) is 34.5 Å². The normalized spacial score (nSPS) is 9.95. The van der Waals surface area contributed by atoms with Crippen LogP contribution in [0.3, 0.4) is 0 Å². The van der Waals surface area contributed by atoms with Crippen LogP contribution in [-0.2, 0) is 0 Å². The highest BCUT2D eigenvalue weighted by Crippen LogP contribution is 2.36. The third-order valence-corrected chi connectivity index (χ3v) is 3.02. The highest BCUT2D eigenvalue weighted by Gasteiger charge is 2.10. The summed E-state index contributed by atoms with van der Waals surface area (Å²) in [5.41, 5.74) is 0. The summed E-state index contributed by atoms with van der Waals surface area (Å²) in [4.78, 5) is 0. The maximum absolute atomic E-state index is 5.72. The molecule has 118 valence electrons. The fourth-order valence-electron chi connectivity index (χ4n) is 1.95. The summed E-state index contributed by atoms with van der Waals surface area (Å²) in [6, 6.07) is 12.9. The molecule has 0 bridgehead atoms. The van der Waals surface area contributed by atoms with E-state index in [0.29, 0.717) is 30.5 Å². The van der Waals surface area contributed by atoms with Crippen molar-refractivity contribution < 1.29 is 23.7 Å². The Bertz CT molecular complexity index is 575. The van der Waals surface area contributed by atoms with Crippen LogP contribution in [0.4, 0.5) is 0 Å². The van der Waals surface area contributed by atoms with E-state index < -0.39 is 0 Å². The Labute approximate surface area is 130 Å². The minimum atomic E-state index is 0.369. The zero-order valence-electron chi connectivity index (χ0n) is 13.0.